The highest BCUT2D eigenvalue weighted by atomic mass is 19.4. The van der Waals surface area contributed by atoms with Gasteiger partial charge < -0.3 is 5.11 Å². The Balaban J connectivity index is 2.40. The van der Waals surface area contributed by atoms with Crippen molar-refractivity contribution < 1.29 is 22.7 Å². The highest BCUT2D eigenvalue weighted by molar-refractivity contribution is 5.60. The summed E-state index contributed by atoms with van der Waals surface area (Å²) in [4.78, 5) is 3.58. The molecule has 0 unspecified atom stereocenters. The van der Waals surface area contributed by atoms with Gasteiger partial charge in [-0.15, -0.1) is 0 Å². The molecule has 2 aromatic rings. The maximum absolute atomic E-state index is 13.2. The summed E-state index contributed by atoms with van der Waals surface area (Å²) in [6.45, 7) is -0.368. The molecule has 19 heavy (non-hydrogen) atoms. The number of aliphatic hydroxyl groups excluding tert-OH is 1. The maximum Gasteiger partial charge on any atom is 0.416 e. The Morgan fingerprint density at radius 1 is 1.05 bits per heavy atom. The average Bonchev–Trinajstić information content (AvgIpc) is 2.37. The first-order valence-electron chi connectivity index (χ1n) is 5.35. The van der Waals surface area contributed by atoms with Crippen molar-refractivity contribution in [3.8, 4) is 11.3 Å². The standard InChI is InChI=1S/C13H9F4NO/c14-12-6-8(7-19)5-11(18-12)9-1-3-10(4-2-9)13(15,16)17/h1-6,19H,7H2. The van der Waals surface area contributed by atoms with Gasteiger partial charge in [-0.1, -0.05) is 12.1 Å². The first-order chi connectivity index (χ1) is 8.90. The third-order valence-corrected chi connectivity index (χ3v) is 2.54. The lowest BCUT2D eigenvalue weighted by Gasteiger charge is -2.08. The van der Waals surface area contributed by atoms with Crippen LogP contribution in [0.2, 0.25) is 0 Å². The van der Waals surface area contributed by atoms with E-state index in [4.69, 9.17) is 5.11 Å². The summed E-state index contributed by atoms with van der Waals surface area (Å²) in [7, 11) is 0. The summed E-state index contributed by atoms with van der Waals surface area (Å²) < 4.78 is 50.4. The van der Waals surface area contributed by atoms with Gasteiger partial charge >= 0.3 is 6.18 Å². The van der Waals surface area contributed by atoms with Crippen molar-refractivity contribution in [3.63, 3.8) is 0 Å². The van der Waals surface area contributed by atoms with E-state index in [1.54, 1.807) is 0 Å². The maximum atomic E-state index is 13.2. The first-order valence-corrected chi connectivity index (χ1v) is 5.35. The molecule has 1 N–H and O–H groups in total. The van der Waals surface area contributed by atoms with Gasteiger partial charge in [0, 0.05) is 5.56 Å². The molecule has 0 aliphatic carbocycles. The zero-order valence-electron chi connectivity index (χ0n) is 9.58. The zero-order chi connectivity index (χ0) is 14.0. The summed E-state index contributed by atoms with van der Waals surface area (Å²) in [6.07, 6.45) is -4.41. The van der Waals surface area contributed by atoms with Crippen molar-refractivity contribution in [2.75, 3.05) is 0 Å². The van der Waals surface area contributed by atoms with Gasteiger partial charge in [0.1, 0.15) is 0 Å². The van der Waals surface area contributed by atoms with Gasteiger partial charge in [0.05, 0.1) is 17.9 Å². The molecule has 0 radical (unpaired) electrons. The lowest BCUT2D eigenvalue weighted by molar-refractivity contribution is -0.137. The van der Waals surface area contributed by atoms with E-state index in [1.165, 1.54) is 18.2 Å². The highest BCUT2D eigenvalue weighted by Crippen LogP contribution is 2.30. The molecule has 0 aliphatic heterocycles. The van der Waals surface area contributed by atoms with Gasteiger partial charge in [0.2, 0.25) is 5.95 Å². The number of aromatic nitrogens is 1. The normalized spacial score (nSPS) is 11.6. The Kier molecular flexibility index (Phi) is 3.53. The number of nitrogens with zero attached hydrogens (tertiary/aromatic N) is 1. The van der Waals surface area contributed by atoms with Gasteiger partial charge in [0.15, 0.2) is 0 Å². The first kappa shape index (κ1) is 13.5. The summed E-state index contributed by atoms with van der Waals surface area (Å²) in [5.74, 6) is -0.790. The minimum atomic E-state index is -4.41. The van der Waals surface area contributed by atoms with Crippen LogP contribution in [0.4, 0.5) is 17.6 Å². The van der Waals surface area contributed by atoms with E-state index in [0.29, 0.717) is 11.1 Å². The second-order valence-corrected chi connectivity index (χ2v) is 3.92. The van der Waals surface area contributed by atoms with Crippen molar-refractivity contribution in [1.29, 1.82) is 0 Å². The number of hydrogen-bond donors (Lipinski definition) is 1. The second-order valence-electron chi connectivity index (χ2n) is 3.92. The Labute approximate surface area is 106 Å². The fraction of sp³-hybridized carbons (Fsp3) is 0.154. The summed E-state index contributed by atoms with van der Waals surface area (Å²) >= 11 is 0. The lowest BCUT2D eigenvalue weighted by atomic mass is 10.1. The number of halogens is 4. The molecule has 0 spiro atoms. The summed E-state index contributed by atoms with van der Waals surface area (Å²) in [6, 6.07) is 6.72. The molecule has 0 aliphatic rings. The Bertz CT molecular complexity index is 578. The lowest BCUT2D eigenvalue weighted by Crippen LogP contribution is -2.04. The zero-order valence-corrected chi connectivity index (χ0v) is 9.58. The second kappa shape index (κ2) is 4.97. The SMILES string of the molecule is OCc1cc(F)nc(-c2ccc(C(F)(F)F)cc2)c1. The summed E-state index contributed by atoms with van der Waals surface area (Å²) in [5, 5.41) is 8.94. The van der Waals surface area contributed by atoms with Gasteiger partial charge in [-0.2, -0.15) is 17.6 Å². The quantitative estimate of drug-likeness (QED) is 0.670. The van der Waals surface area contributed by atoms with E-state index in [2.05, 4.69) is 4.98 Å². The van der Waals surface area contributed by atoms with Crippen LogP contribution in [0.3, 0.4) is 0 Å². The number of alkyl halides is 3. The molecule has 2 nitrogen and oxygen atoms in total. The molecule has 0 fully saturated rings. The van der Waals surface area contributed by atoms with Gasteiger partial charge in [-0.3, -0.25) is 0 Å². The van der Waals surface area contributed by atoms with Crippen LogP contribution in [-0.4, -0.2) is 10.1 Å². The number of aliphatic hydroxyl groups is 1. The van der Waals surface area contributed by atoms with Crippen LogP contribution in [0.25, 0.3) is 11.3 Å². The van der Waals surface area contributed by atoms with Crippen LogP contribution in [0, 0.1) is 5.95 Å². The molecule has 1 aromatic carbocycles. The Morgan fingerprint density at radius 3 is 2.21 bits per heavy atom. The minimum absolute atomic E-state index is 0.178. The largest absolute Gasteiger partial charge is 0.416 e. The molecule has 2 rings (SSSR count). The van der Waals surface area contributed by atoms with E-state index in [9.17, 15) is 17.6 Å². The molecule has 1 heterocycles. The number of benzene rings is 1. The van der Waals surface area contributed by atoms with Crippen molar-refractivity contribution in [2.24, 2.45) is 0 Å². The third kappa shape index (κ3) is 3.08. The molecule has 0 saturated heterocycles. The predicted octanol–water partition coefficient (Wildman–Crippen LogP) is 3.40. The molecular weight excluding hydrogens is 262 g/mol. The molecule has 1 aromatic heterocycles. The van der Waals surface area contributed by atoms with Crippen LogP contribution in [0.5, 0.6) is 0 Å². The van der Waals surface area contributed by atoms with Gasteiger partial charge in [-0.25, -0.2) is 4.98 Å². The Morgan fingerprint density at radius 2 is 1.68 bits per heavy atom. The highest BCUT2D eigenvalue weighted by Gasteiger charge is 2.30. The van der Waals surface area contributed by atoms with Crippen molar-refractivity contribution in [3.05, 3.63) is 53.5 Å². The van der Waals surface area contributed by atoms with Crippen LogP contribution in [0.1, 0.15) is 11.1 Å². The van der Waals surface area contributed by atoms with E-state index in [-0.39, 0.29) is 12.3 Å². The topological polar surface area (TPSA) is 33.1 Å². The van der Waals surface area contributed by atoms with Crippen LogP contribution in [-0.2, 0) is 12.8 Å². The summed E-state index contributed by atoms with van der Waals surface area (Å²) in [5.41, 5.74) is 0.0532. The average molecular weight is 271 g/mol. The van der Waals surface area contributed by atoms with Crippen molar-refractivity contribution in [2.45, 2.75) is 12.8 Å². The predicted molar refractivity (Wildman–Crippen MR) is 60.6 cm³/mol. The number of pyridine rings is 1. The molecule has 6 heteroatoms. The fourth-order valence-electron chi connectivity index (χ4n) is 1.62. The van der Waals surface area contributed by atoms with Crippen LogP contribution >= 0.6 is 0 Å². The molecule has 0 saturated carbocycles. The van der Waals surface area contributed by atoms with Gasteiger partial charge in [-0.05, 0) is 29.8 Å². The molecule has 0 atom stereocenters. The number of hydrogen-bond acceptors (Lipinski definition) is 2. The molecular formula is C13H9F4NO. The van der Waals surface area contributed by atoms with E-state index < -0.39 is 17.7 Å². The molecule has 0 amide bonds. The van der Waals surface area contributed by atoms with Crippen molar-refractivity contribution in [1.82, 2.24) is 4.98 Å². The minimum Gasteiger partial charge on any atom is -0.392 e. The fourth-order valence-corrected chi connectivity index (χ4v) is 1.62. The van der Waals surface area contributed by atoms with Crippen LogP contribution in [0.15, 0.2) is 36.4 Å². The monoisotopic (exact) mass is 271 g/mol. The van der Waals surface area contributed by atoms with Crippen molar-refractivity contribution >= 4 is 0 Å². The third-order valence-electron chi connectivity index (χ3n) is 2.54. The van der Waals surface area contributed by atoms with E-state index in [0.717, 1.165) is 18.2 Å². The van der Waals surface area contributed by atoms with E-state index >= 15 is 0 Å². The van der Waals surface area contributed by atoms with Crippen LogP contribution < -0.4 is 0 Å². The van der Waals surface area contributed by atoms with E-state index in [1.807, 2.05) is 0 Å². The molecule has 100 valence electrons. The smallest absolute Gasteiger partial charge is 0.392 e. The molecule has 0 bridgehead atoms. The Hall–Kier alpha value is -1.95. The van der Waals surface area contributed by atoms with Gasteiger partial charge in [0.25, 0.3) is 0 Å². The number of rotatable bonds is 2.